The summed E-state index contributed by atoms with van der Waals surface area (Å²) in [5, 5.41) is 9.08. The van der Waals surface area contributed by atoms with Crippen LogP contribution in [0.3, 0.4) is 0 Å². The molecule has 0 aliphatic carbocycles. The Balaban J connectivity index is 2.83. The molecule has 4 heteroatoms. The molecule has 0 spiro atoms. The molecule has 0 saturated heterocycles. The molecule has 0 aromatic heterocycles. The molecule has 0 heterocycles. The van der Waals surface area contributed by atoms with Crippen molar-refractivity contribution in [3.63, 3.8) is 0 Å². The van der Waals surface area contributed by atoms with Crippen LogP contribution in [-0.2, 0) is 0 Å². The maximum absolute atomic E-state index is 12.4. The first-order valence-corrected chi connectivity index (χ1v) is 3.83. The zero-order chi connectivity index (χ0) is 9.84. The van der Waals surface area contributed by atoms with Crippen LogP contribution < -0.4 is 5.73 Å². The van der Waals surface area contributed by atoms with Gasteiger partial charge in [0.25, 0.3) is 0 Å². The Morgan fingerprint density at radius 2 is 2.00 bits per heavy atom. The van der Waals surface area contributed by atoms with Crippen LogP contribution in [0, 0.1) is 5.82 Å². The number of halogens is 1. The first-order chi connectivity index (χ1) is 6.15. The molecule has 1 atom stereocenters. The Bertz CT molecular complexity index is 297. The maximum Gasteiger partial charge on any atom is 0.192 e. The van der Waals surface area contributed by atoms with Gasteiger partial charge in [0, 0.05) is 12.1 Å². The molecule has 0 amide bonds. The summed E-state index contributed by atoms with van der Waals surface area (Å²) in [7, 11) is 0. The maximum atomic E-state index is 12.4. The normalized spacial score (nSPS) is 12.5. The van der Waals surface area contributed by atoms with Gasteiger partial charge in [0.2, 0.25) is 0 Å². The second-order valence-corrected chi connectivity index (χ2v) is 2.62. The molecular formula is C9H10FNO2. The second-order valence-electron chi connectivity index (χ2n) is 2.62. The van der Waals surface area contributed by atoms with Crippen LogP contribution in [0.25, 0.3) is 0 Å². The van der Waals surface area contributed by atoms with Crippen LogP contribution in [0.2, 0.25) is 0 Å². The van der Waals surface area contributed by atoms with Crippen molar-refractivity contribution in [3.05, 3.63) is 35.6 Å². The highest BCUT2D eigenvalue weighted by molar-refractivity contribution is 5.99. The van der Waals surface area contributed by atoms with Crippen molar-refractivity contribution in [2.45, 2.75) is 6.10 Å². The predicted octanol–water partition coefficient (Wildman–Crippen LogP) is 0.328. The summed E-state index contributed by atoms with van der Waals surface area (Å²) < 4.78 is 12.4. The molecule has 1 aromatic rings. The van der Waals surface area contributed by atoms with Gasteiger partial charge in [0.05, 0.1) is 0 Å². The van der Waals surface area contributed by atoms with Crippen LogP contribution >= 0.6 is 0 Å². The highest BCUT2D eigenvalue weighted by Gasteiger charge is 2.14. The van der Waals surface area contributed by atoms with E-state index in [0.717, 1.165) is 12.1 Å². The molecule has 3 nitrogen and oxygen atoms in total. The Hall–Kier alpha value is -1.26. The summed E-state index contributed by atoms with van der Waals surface area (Å²) in [5.41, 5.74) is 5.36. The van der Waals surface area contributed by atoms with Gasteiger partial charge >= 0.3 is 0 Å². The molecule has 0 saturated carbocycles. The van der Waals surface area contributed by atoms with Crippen molar-refractivity contribution in [2.24, 2.45) is 5.73 Å². The van der Waals surface area contributed by atoms with E-state index in [1.54, 1.807) is 0 Å². The largest absolute Gasteiger partial charge is 0.384 e. The number of Topliss-reactive ketones (excluding diaryl/α,β-unsaturated/α-hetero) is 1. The van der Waals surface area contributed by atoms with E-state index in [1.165, 1.54) is 12.1 Å². The van der Waals surface area contributed by atoms with Crippen molar-refractivity contribution in [2.75, 3.05) is 6.54 Å². The van der Waals surface area contributed by atoms with Gasteiger partial charge in [-0.3, -0.25) is 4.79 Å². The lowest BCUT2D eigenvalue weighted by molar-refractivity contribution is 0.0763. The Labute approximate surface area is 75.0 Å². The van der Waals surface area contributed by atoms with Gasteiger partial charge in [-0.1, -0.05) is 0 Å². The van der Waals surface area contributed by atoms with E-state index in [4.69, 9.17) is 10.8 Å². The third kappa shape index (κ3) is 2.34. The molecule has 70 valence electrons. The van der Waals surface area contributed by atoms with Gasteiger partial charge < -0.3 is 10.8 Å². The minimum Gasteiger partial charge on any atom is -0.384 e. The lowest BCUT2D eigenvalue weighted by atomic mass is 10.1. The van der Waals surface area contributed by atoms with E-state index in [2.05, 4.69) is 0 Å². The van der Waals surface area contributed by atoms with Crippen molar-refractivity contribution < 1.29 is 14.3 Å². The zero-order valence-corrected chi connectivity index (χ0v) is 6.90. The highest BCUT2D eigenvalue weighted by Crippen LogP contribution is 2.05. The summed E-state index contributed by atoms with van der Waals surface area (Å²) in [6.07, 6.45) is -1.20. The summed E-state index contributed by atoms with van der Waals surface area (Å²) in [6.45, 7) is -0.129. The average molecular weight is 183 g/mol. The van der Waals surface area contributed by atoms with Crippen molar-refractivity contribution in [1.29, 1.82) is 0 Å². The lowest BCUT2D eigenvalue weighted by Gasteiger charge is -2.05. The summed E-state index contributed by atoms with van der Waals surface area (Å²) >= 11 is 0. The van der Waals surface area contributed by atoms with Crippen LogP contribution in [0.1, 0.15) is 10.4 Å². The lowest BCUT2D eigenvalue weighted by Crippen LogP contribution is -2.29. The van der Waals surface area contributed by atoms with Crippen LogP contribution in [0.15, 0.2) is 24.3 Å². The SMILES string of the molecule is NCC(O)C(=O)c1ccc(F)cc1. The van der Waals surface area contributed by atoms with E-state index in [9.17, 15) is 9.18 Å². The molecule has 0 aliphatic heterocycles. The average Bonchev–Trinajstić information content (AvgIpc) is 2.17. The Morgan fingerprint density at radius 3 is 2.46 bits per heavy atom. The number of nitrogens with two attached hydrogens (primary N) is 1. The van der Waals surface area contributed by atoms with Crippen LogP contribution in [0.4, 0.5) is 4.39 Å². The minimum absolute atomic E-state index is 0.129. The van der Waals surface area contributed by atoms with Gasteiger partial charge in [-0.25, -0.2) is 4.39 Å². The van der Waals surface area contributed by atoms with Gasteiger partial charge in [0.1, 0.15) is 11.9 Å². The number of rotatable bonds is 3. The fraction of sp³-hybridized carbons (Fsp3) is 0.222. The number of aliphatic hydroxyl groups is 1. The number of carbonyl (C=O) groups excluding carboxylic acids is 1. The van der Waals surface area contributed by atoms with Crippen molar-refractivity contribution in [3.8, 4) is 0 Å². The quantitative estimate of drug-likeness (QED) is 0.664. The summed E-state index contributed by atoms with van der Waals surface area (Å²) in [6, 6.07) is 4.96. The molecule has 0 fully saturated rings. The molecule has 1 aromatic carbocycles. The smallest absolute Gasteiger partial charge is 0.192 e. The van der Waals surface area contributed by atoms with Crippen LogP contribution in [0.5, 0.6) is 0 Å². The van der Waals surface area contributed by atoms with Gasteiger partial charge in [-0.15, -0.1) is 0 Å². The van der Waals surface area contributed by atoms with Crippen molar-refractivity contribution >= 4 is 5.78 Å². The number of ketones is 1. The topological polar surface area (TPSA) is 63.3 Å². The standard InChI is InChI=1S/C9H10FNO2/c10-7-3-1-6(2-4-7)9(13)8(12)5-11/h1-4,8,12H,5,11H2. The molecule has 1 unspecified atom stereocenters. The zero-order valence-electron chi connectivity index (χ0n) is 6.90. The van der Waals surface area contributed by atoms with E-state index in [0.29, 0.717) is 0 Å². The molecule has 0 radical (unpaired) electrons. The number of hydrogen-bond acceptors (Lipinski definition) is 3. The van der Waals surface area contributed by atoms with Crippen LogP contribution in [-0.4, -0.2) is 23.5 Å². The summed E-state index contributed by atoms with van der Waals surface area (Å²) in [5.74, 6) is -0.902. The van der Waals surface area contributed by atoms with Crippen molar-refractivity contribution in [1.82, 2.24) is 0 Å². The van der Waals surface area contributed by atoms with E-state index >= 15 is 0 Å². The first-order valence-electron chi connectivity index (χ1n) is 3.83. The van der Waals surface area contributed by atoms with Gasteiger partial charge in [0.15, 0.2) is 5.78 Å². The van der Waals surface area contributed by atoms with Gasteiger partial charge in [-0.05, 0) is 24.3 Å². The van der Waals surface area contributed by atoms with E-state index in [-0.39, 0.29) is 12.1 Å². The Kier molecular flexibility index (Phi) is 3.11. The fourth-order valence-electron chi connectivity index (χ4n) is 0.914. The third-order valence-electron chi connectivity index (χ3n) is 1.65. The number of benzene rings is 1. The fourth-order valence-corrected chi connectivity index (χ4v) is 0.914. The molecule has 3 N–H and O–H groups in total. The molecule has 13 heavy (non-hydrogen) atoms. The Morgan fingerprint density at radius 1 is 1.46 bits per heavy atom. The highest BCUT2D eigenvalue weighted by atomic mass is 19.1. The number of hydrogen-bond donors (Lipinski definition) is 2. The molecular weight excluding hydrogens is 173 g/mol. The summed E-state index contributed by atoms with van der Waals surface area (Å²) in [4.78, 5) is 11.2. The van der Waals surface area contributed by atoms with E-state index in [1.807, 2.05) is 0 Å². The first kappa shape index (κ1) is 9.83. The third-order valence-corrected chi connectivity index (χ3v) is 1.65. The molecule has 1 rings (SSSR count). The minimum atomic E-state index is -1.20. The predicted molar refractivity (Wildman–Crippen MR) is 45.8 cm³/mol. The molecule has 0 bridgehead atoms. The second kappa shape index (κ2) is 4.11. The van der Waals surface area contributed by atoms with E-state index < -0.39 is 17.7 Å². The number of aliphatic hydroxyl groups excluding tert-OH is 1. The molecule has 0 aliphatic rings. The monoisotopic (exact) mass is 183 g/mol. The van der Waals surface area contributed by atoms with Gasteiger partial charge in [-0.2, -0.15) is 0 Å². The number of carbonyl (C=O) groups is 1.